The van der Waals surface area contributed by atoms with Crippen LogP contribution in [0.4, 0.5) is 4.79 Å². The van der Waals surface area contributed by atoms with Crippen LogP contribution in [-0.4, -0.2) is 21.3 Å². The molecule has 0 aliphatic rings. The van der Waals surface area contributed by atoms with Gasteiger partial charge in [-0.2, -0.15) is 0 Å². The second-order valence-corrected chi connectivity index (χ2v) is 7.05. The molecule has 0 unspecified atom stereocenters. The lowest BCUT2D eigenvalue weighted by Gasteiger charge is -2.11. The highest BCUT2D eigenvalue weighted by molar-refractivity contribution is 5.79. The Morgan fingerprint density at radius 2 is 1.86 bits per heavy atom. The molecule has 4 aromatic rings. The number of nitrogens with zero attached hydrogens (tertiary/aromatic N) is 2. The van der Waals surface area contributed by atoms with Crippen LogP contribution in [0.25, 0.3) is 22.4 Å². The van der Waals surface area contributed by atoms with Crippen LogP contribution in [0, 0.1) is 13.8 Å². The van der Waals surface area contributed by atoms with Gasteiger partial charge in [0.1, 0.15) is 17.1 Å². The molecule has 0 fully saturated rings. The number of fused-ring (bicyclic) bond motifs is 1. The fourth-order valence-corrected chi connectivity index (χ4v) is 3.16. The average molecular weight is 391 g/mol. The van der Waals surface area contributed by atoms with Gasteiger partial charge in [-0.25, -0.2) is 14.8 Å². The molecule has 0 atom stereocenters. The minimum absolute atomic E-state index is 0.00803. The Kier molecular flexibility index (Phi) is 4.82. The molecule has 2 aromatic heterocycles. The van der Waals surface area contributed by atoms with E-state index in [0.29, 0.717) is 23.0 Å². The largest absolute Gasteiger partial charge is 0.461 e. The highest BCUT2D eigenvalue weighted by Crippen LogP contribution is 2.27. The number of aromatic nitrogens is 1. The van der Waals surface area contributed by atoms with Gasteiger partial charge in [0.05, 0.1) is 18.7 Å². The zero-order chi connectivity index (χ0) is 20.5. The van der Waals surface area contributed by atoms with Crippen molar-refractivity contribution in [1.29, 1.82) is 0 Å². The molecule has 4 rings (SSSR count). The van der Waals surface area contributed by atoms with Crippen molar-refractivity contribution in [1.82, 2.24) is 10.0 Å². The molecular formula is C22H21N3O4. The van der Waals surface area contributed by atoms with E-state index >= 15 is 0 Å². The van der Waals surface area contributed by atoms with Crippen LogP contribution in [0.2, 0.25) is 0 Å². The fourth-order valence-electron chi connectivity index (χ4n) is 3.16. The number of primary amides is 1. The lowest BCUT2D eigenvalue weighted by molar-refractivity contribution is -0.0470. The number of carbonyl (C=O) groups is 1. The first-order valence-electron chi connectivity index (χ1n) is 9.19. The summed E-state index contributed by atoms with van der Waals surface area (Å²) in [4.78, 5) is 15.6. The predicted molar refractivity (Wildman–Crippen MR) is 107 cm³/mol. The first kappa shape index (κ1) is 18.8. The van der Waals surface area contributed by atoms with E-state index in [2.05, 4.69) is 4.98 Å². The summed E-state index contributed by atoms with van der Waals surface area (Å²) < 4.78 is 11.8. The fraction of sp³-hybridized carbons (Fsp3) is 0.182. The first-order valence-corrected chi connectivity index (χ1v) is 9.19. The quantitative estimate of drug-likeness (QED) is 0.383. The van der Waals surface area contributed by atoms with Gasteiger partial charge >= 0.3 is 6.03 Å². The molecule has 148 valence electrons. The van der Waals surface area contributed by atoms with Gasteiger partial charge in [-0.3, -0.25) is 5.21 Å². The number of benzene rings is 2. The molecule has 0 saturated carbocycles. The maximum absolute atomic E-state index is 11.0. The normalized spacial score (nSPS) is 11.1. The smallest absolute Gasteiger partial charge is 0.338 e. The van der Waals surface area contributed by atoms with Crippen LogP contribution in [0.15, 0.2) is 57.4 Å². The van der Waals surface area contributed by atoms with Gasteiger partial charge < -0.3 is 14.6 Å². The topological polar surface area (TPSA) is 106 Å². The Balaban J connectivity index is 1.56. The summed E-state index contributed by atoms with van der Waals surface area (Å²) in [7, 11) is 0. The van der Waals surface area contributed by atoms with Crippen molar-refractivity contribution in [3.63, 3.8) is 0 Å². The van der Waals surface area contributed by atoms with Crippen molar-refractivity contribution in [3.8, 4) is 11.5 Å². The Morgan fingerprint density at radius 1 is 1.10 bits per heavy atom. The van der Waals surface area contributed by atoms with E-state index in [-0.39, 0.29) is 6.54 Å². The number of hydroxylamine groups is 2. The standard InChI is InChI=1S/C22H21N3O4/c1-13-3-6-16(7-4-13)21-24-19(14(2)28-21)11-18-10-17-9-15(5-8-20(17)29-18)12-25(27)22(23)26/h3-10,27H,11-12H2,1-2H3,(H2,23,26). The summed E-state index contributed by atoms with van der Waals surface area (Å²) in [5, 5.41) is 10.8. The number of hydrogen-bond acceptors (Lipinski definition) is 5. The first-order chi connectivity index (χ1) is 13.9. The van der Waals surface area contributed by atoms with Gasteiger partial charge in [0.25, 0.3) is 0 Å². The number of urea groups is 1. The maximum Gasteiger partial charge on any atom is 0.338 e. The van der Waals surface area contributed by atoms with E-state index in [0.717, 1.165) is 33.7 Å². The van der Waals surface area contributed by atoms with E-state index < -0.39 is 6.03 Å². The maximum atomic E-state index is 11.0. The second-order valence-electron chi connectivity index (χ2n) is 7.05. The van der Waals surface area contributed by atoms with Crippen LogP contribution in [-0.2, 0) is 13.0 Å². The zero-order valence-corrected chi connectivity index (χ0v) is 16.2. The van der Waals surface area contributed by atoms with Crippen LogP contribution >= 0.6 is 0 Å². The number of carbonyl (C=O) groups excluding carboxylic acids is 1. The van der Waals surface area contributed by atoms with Crippen molar-refractivity contribution in [2.45, 2.75) is 26.8 Å². The molecule has 3 N–H and O–H groups in total. The molecule has 2 amide bonds. The molecule has 7 heteroatoms. The van der Waals surface area contributed by atoms with Gasteiger partial charge in [-0.05, 0) is 49.7 Å². The molecule has 0 radical (unpaired) electrons. The molecule has 7 nitrogen and oxygen atoms in total. The van der Waals surface area contributed by atoms with Crippen molar-refractivity contribution in [2.75, 3.05) is 0 Å². The number of hydrogen-bond donors (Lipinski definition) is 2. The third kappa shape index (κ3) is 4.00. The van der Waals surface area contributed by atoms with Gasteiger partial charge in [-0.15, -0.1) is 0 Å². The molecule has 2 aromatic carbocycles. The van der Waals surface area contributed by atoms with Crippen LogP contribution < -0.4 is 5.73 Å². The highest BCUT2D eigenvalue weighted by Gasteiger charge is 2.15. The number of furan rings is 1. The molecule has 0 aliphatic heterocycles. The van der Waals surface area contributed by atoms with E-state index in [1.807, 2.05) is 50.2 Å². The number of rotatable bonds is 5. The zero-order valence-electron chi connectivity index (χ0n) is 16.2. The molecule has 0 bridgehead atoms. The summed E-state index contributed by atoms with van der Waals surface area (Å²) in [6.07, 6.45) is 0.499. The molecule has 2 heterocycles. The SMILES string of the molecule is Cc1ccc(-c2nc(Cc3cc4cc(CN(O)C(N)=O)ccc4o3)c(C)o2)cc1. The lowest BCUT2D eigenvalue weighted by atomic mass is 10.1. The number of aryl methyl sites for hydroxylation is 2. The van der Waals surface area contributed by atoms with E-state index in [1.54, 1.807) is 12.1 Å². The molecule has 0 spiro atoms. The van der Waals surface area contributed by atoms with Crippen LogP contribution in [0.5, 0.6) is 0 Å². The molecular weight excluding hydrogens is 370 g/mol. The summed E-state index contributed by atoms with van der Waals surface area (Å²) >= 11 is 0. The third-order valence-corrected chi connectivity index (χ3v) is 4.75. The summed E-state index contributed by atoms with van der Waals surface area (Å²) in [6.45, 7) is 3.93. The van der Waals surface area contributed by atoms with Crippen LogP contribution in [0.1, 0.15) is 28.3 Å². The minimum Gasteiger partial charge on any atom is -0.461 e. The van der Waals surface area contributed by atoms with Crippen molar-refractivity contribution < 1.29 is 18.8 Å². The van der Waals surface area contributed by atoms with Gasteiger partial charge in [-0.1, -0.05) is 23.8 Å². The van der Waals surface area contributed by atoms with Crippen molar-refractivity contribution in [2.24, 2.45) is 5.73 Å². The molecule has 0 saturated heterocycles. The summed E-state index contributed by atoms with van der Waals surface area (Å²) in [5.41, 5.74) is 9.44. The lowest BCUT2D eigenvalue weighted by Crippen LogP contribution is -2.31. The Hall–Kier alpha value is -3.58. The number of oxazole rings is 1. The monoisotopic (exact) mass is 391 g/mol. The van der Waals surface area contributed by atoms with Gasteiger partial charge in [0.2, 0.25) is 5.89 Å². The third-order valence-electron chi connectivity index (χ3n) is 4.75. The summed E-state index contributed by atoms with van der Waals surface area (Å²) in [6, 6.07) is 14.5. The van der Waals surface area contributed by atoms with Crippen LogP contribution in [0.3, 0.4) is 0 Å². The highest BCUT2D eigenvalue weighted by atomic mass is 16.5. The molecule has 29 heavy (non-hydrogen) atoms. The number of amides is 2. The minimum atomic E-state index is -0.899. The van der Waals surface area contributed by atoms with Crippen molar-refractivity contribution in [3.05, 3.63) is 76.9 Å². The summed E-state index contributed by atoms with van der Waals surface area (Å²) in [5.74, 6) is 2.09. The predicted octanol–water partition coefficient (Wildman–Crippen LogP) is 4.57. The Bertz CT molecular complexity index is 1170. The van der Waals surface area contributed by atoms with Gasteiger partial charge in [0, 0.05) is 10.9 Å². The Morgan fingerprint density at radius 3 is 2.59 bits per heavy atom. The van der Waals surface area contributed by atoms with Crippen molar-refractivity contribution >= 4 is 17.0 Å². The average Bonchev–Trinajstić information content (AvgIpc) is 3.25. The van der Waals surface area contributed by atoms with E-state index in [4.69, 9.17) is 14.6 Å². The Labute approximate surface area is 167 Å². The second kappa shape index (κ2) is 7.44. The number of nitrogens with two attached hydrogens (primary N) is 1. The molecule has 0 aliphatic carbocycles. The van der Waals surface area contributed by atoms with E-state index in [9.17, 15) is 10.0 Å². The van der Waals surface area contributed by atoms with E-state index in [1.165, 1.54) is 5.56 Å². The van der Waals surface area contributed by atoms with Gasteiger partial charge in [0.15, 0.2) is 0 Å².